The maximum absolute atomic E-state index is 10.8. The Balaban J connectivity index is 2.63. The van der Waals surface area contributed by atoms with Crippen LogP contribution in [0.2, 0.25) is 0 Å². The van der Waals surface area contributed by atoms with Crippen LogP contribution in [0.5, 0.6) is 0 Å². The zero-order chi connectivity index (χ0) is 13.7. The topological polar surface area (TPSA) is 58.4 Å². The molecule has 1 N–H and O–H groups in total. The summed E-state index contributed by atoms with van der Waals surface area (Å²) >= 11 is 0. The molecule has 0 spiro atoms. The number of nitro benzene ring substituents is 1. The lowest BCUT2D eigenvalue weighted by atomic mass is 10.1. The van der Waals surface area contributed by atoms with Crippen LogP contribution in [-0.4, -0.2) is 36.5 Å². The molecule has 5 heteroatoms. The molecule has 0 saturated heterocycles. The molecule has 1 aromatic carbocycles. The Bertz CT molecular complexity index is 419. The first kappa shape index (κ1) is 14.6. The average Bonchev–Trinajstić information content (AvgIpc) is 2.26. The van der Waals surface area contributed by atoms with Gasteiger partial charge >= 0.3 is 0 Å². The minimum atomic E-state index is -0.331. The molecule has 100 valence electrons. The van der Waals surface area contributed by atoms with E-state index in [0.717, 1.165) is 12.1 Å². The summed E-state index contributed by atoms with van der Waals surface area (Å²) in [5.74, 6) is 0. The van der Waals surface area contributed by atoms with Crippen molar-refractivity contribution in [3.63, 3.8) is 0 Å². The first-order valence-corrected chi connectivity index (χ1v) is 6.02. The van der Waals surface area contributed by atoms with E-state index in [1.807, 2.05) is 20.2 Å². The SMILES string of the molecule is Cc1ccc(CNC(C)CN(C)C)cc1[N+](=O)[O-]. The summed E-state index contributed by atoms with van der Waals surface area (Å²) in [5, 5.41) is 14.2. The molecule has 0 bridgehead atoms. The van der Waals surface area contributed by atoms with Crippen molar-refractivity contribution in [2.45, 2.75) is 26.4 Å². The summed E-state index contributed by atoms with van der Waals surface area (Å²) in [6, 6.07) is 5.72. The summed E-state index contributed by atoms with van der Waals surface area (Å²) in [4.78, 5) is 12.6. The van der Waals surface area contributed by atoms with Gasteiger partial charge in [-0.1, -0.05) is 12.1 Å². The minimum Gasteiger partial charge on any atom is -0.309 e. The van der Waals surface area contributed by atoms with Crippen LogP contribution in [-0.2, 0) is 6.54 Å². The number of aryl methyl sites for hydroxylation is 1. The van der Waals surface area contributed by atoms with Crippen LogP contribution in [0.25, 0.3) is 0 Å². The van der Waals surface area contributed by atoms with Crippen LogP contribution < -0.4 is 5.32 Å². The van der Waals surface area contributed by atoms with Gasteiger partial charge in [0, 0.05) is 30.8 Å². The average molecular weight is 251 g/mol. The molecule has 1 atom stereocenters. The third-order valence-corrected chi connectivity index (χ3v) is 2.76. The van der Waals surface area contributed by atoms with E-state index in [1.54, 1.807) is 19.1 Å². The molecule has 1 unspecified atom stereocenters. The maximum Gasteiger partial charge on any atom is 0.272 e. The Labute approximate surface area is 108 Å². The third-order valence-electron chi connectivity index (χ3n) is 2.76. The van der Waals surface area contributed by atoms with Crippen LogP contribution in [0.4, 0.5) is 5.69 Å². The summed E-state index contributed by atoms with van der Waals surface area (Å²) in [6.07, 6.45) is 0. The first-order chi connectivity index (χ1) is 8.40. The smallest absolute Gasteiger partial charge is 0.272 e. The molecule has 0 aliphatic carbocycles. The highest BCUT2D eigenvalue weighted by Crippen LogP contribution is 2.19. The second-order valence-corrected chi connectivity index (χ2v) is 4.92. The Morgan fingerprint density at radius 2 is 2.11 bits per heavy atom. The fraction of sp³-hybridized carbons (Fsp3) is 0.538. The lowest BCUT2D eigenvalue weighted by molar-refractivity contribution is -0.385. The largest absolute Gasteiger partial charge is 0.309 e. The van der Waals surface area contributed by atoms with Gasteiger partial charge in [0.25, 0.3) is 5.69 Å². The molecule has 0 aliphatic heterocycles. The Morgan fingerprint density at radius 3 is 2.67 bits per heavy atom. The number of rotatable bonds is 6. The fourth-order valence-electron chi connectivity index (χ4n) is 1.87. The Hall–Kier alpha value is -1.46. The number of nitro groups is 1. The predicted octanol–water partition coefficient (Wildman–Crippen LogP) is 1.94. The third kappa shape index (κ3) is 4.43. The van der Waals surface area contributed by atoms with E-state index in [-0.39, 0.29) is 10.6 Å². The fourth-order valence-corrected chi connectivity index (χ4v) is 1.87. The summed E-state index contributed by atoms with van der Waals surface area (Å²) < 4.78 is 0. The summed E-state index contributed by atoms with van der Waals surface area (Å²) in [7, 11) is 4.05. The van der Waals surface area contributed by atoms with Crippen molar-refractivity contribution in [3.8, 4) is 0 Å². The maximum atomic E-state index is 10.8. The standard InChI is InChI=1S/C13H21N3O2/c1-10-5-6-12(7-13(10)16(17)18)8-14-11(2)9-15(3)4/h5-7,11,14H,8-9H2,1-4H3. The molecule has 1 rings (SSSR count). The van der Waals surface area contributed by atoms with Crippen LogP contribution in [0.1, 0.15) is 18.1 Å². The van der Waals surface area contributed by atoms with E-state index >= 15 is 0 Å². The molecule has 0 heterocycles. The molecule has 1 aromatic rings. The van der Waals surface area contributed by atoms with Crippen molar-refractivity contribution >= 4 is 5.69 Å². The highest BCUT2D eigenvalue weighted by molar-refractivity contribution is 5.42. The van der Waals surface area contributed by atoms with Gasteiger partial charge in [-0.15, -0.1) is 0 Å². The lowest BCUT2D eigenvalue weighted by Gasteiger charge is -2.18. The highest BCUT2D eigenvalue weighted by Gasteiger charge is 2.11. The molecule has 0 aromatic heterocycles. The van der Waals surface area contributed by atoms with Crippen molar-refractivity contribution in [2.24, 2.45) is 0 Å². The van der Waals surface area contributed by atoms with Crippen molar-refractivity contribution in [3.05, 3.63) is 39.4 Å². The molecular weight excluding hydrogens is 230 g/mol. The second kappa shape index (κ2) is 6.47. The molecule has 0 fully saturated rings. The van der Waals surface area contributed by atoms with Crippen LogP contribution >= 0.6 is 0 Å². The van der Waals surface area contributed by atoms with Gasteiger partial charge < -0.3 is 10.2 Å². The molecule has 18 heavy (non-hydrogen) atoms. The molecule has 5 nitrogen and oxygen atoms in total. The highest BCUT2D eigenvalue weighted by atomic mass is 16.6. The van der Waals surface area contributed by atoms with E-state index in [1.165, 1.54) is 0 Å². The quantitative estimate of drug-likeness (QED) is 0.620. The number of hydrogen-bond acceptors (Lipinski definition) is 4. The van der Waals surface area contributed by atoms with Crippen molar-refractivity contribution < 1.29 is 4.92 Å². The van der Waals surface area contributed by atoms with E-state index in [9.17, 15) is 10.1 Å². The van der Waals surface area contributed by atoms with Gasteiger partial charge in [0.15, 0.2) is 0 Å². The number of hydrogen-bond donors (Lipinski definition) is 1. The molecule has 0 saturated carbocycles. The van der Waals surface area contributed by atoms with Gasteiger partial charge in [0.1, 0.15) is 0 Å². The van der Waals surface area contributed by atoms with Gasteiger partial charge in [-0.3, -0.25) is 10.1 Å². The van der Waals surface area contributed by atoms with E-state index < -0.39 is 0 Å². The Kier molecular flexibility index (Phi) is 5.25. The first-order valence-electron chi connectivity index (χ1n) is 6.02. The van der Waals surface area contributed by atoms with Gasteiger partial charge in [-0.05, 0) is 33.5 Å². The summed E-state index contributed by atoms with van der Waals surface area (Å²) in [5.41, 5.74) is 1.83. The number of benzene rings is 1. The van der Waals surface area contributed by atoms with Gasteiger partial charge in [-0.25, -0.2) is 0 Å². The van der Waals surface area contributed by atoms with Crippen LogP contribution in [0.3, 0.4) is 0 Å². The zero-order valence-corrected chi connectivity index (χ0v) is 11.4. The number of nitrogens with one attached hydrogen (secondary N) is 1. The van der Waals surface area contributed by atoms with Gasteiger partial charge in [0.2, 0.25) is 0 Å². The molecule has 0 amide bonds. The van der Waals surface area contributed by atoms with Crippen molar-refractivity contribution in [2.75, 3.05) is 20.6 Å². The van der Waals surface area contributed by atoms with Crippen LogP contribution in [0, 0.1) is 17.0 Å². The van der Waals surface area contributed by atoms with E-state index in [0.29, 0.717) is 18.2 Å². The number of nitrogens with zero attached hydrogens (tertiary/aromatic N) is 2. The molecule has 0 radical (unpaired) electrons. The van der Waals surface area contributed by atoms with Crippen LogP contribution in [0.15, 0.2) is 18.2 Å². The van der Waals surface area contributed by atoms with E-state index in [2.05, 4.69) is 17.1 Å². The normalized spacial score (nSPS) is 12.7. The predicted molar refractivity (Wildman–Crippen MR) is 72.7 cm³/mol. The Morgan fingerprint density at radius 1 is 1.44 bits per heavy atom. The minimum absolute atomic E-state index is 0.189. The molecule has 0 aliphatic rings. The summed E-state index contributed by atoms with van der Waals surface area (Å²) in [6.45, 7) is 5.44. The second-order valence-electron chi connectivity index (χ2n) is 4.92. The zero-order valence-electron chi connectivity index (χ0n) is 11.4. The number of likely N-dealkylation sites (N-methyl/N-ethyl adjacent to an activating group) is 1. The monoisotopic (exact) mass is 251 g/mol. The molecular formula is C13H21N3O2. The van der Waals surface area contributed by atoms with Crippen molar-refractivity contribution in [1.82, 2.24) is 10.2 Å². The lowest BCUT2D eigenvalue weighted by Crippen LogP contribution is -2.35. The van der Waals surface area contributed by atoms with Gasteiger partial charge in [-0.2, -0.15) is 0 Å². The van der Waals surface area contributed by atoms with Gasteiger partial charge in [0.05, 0.1) is 4.92 Å². The van der Waals surface area contributed by atoms with E-state index in [4.69, 9.17) is 0 Å². The van der Waals surface area contributed by atoms with Crippen molar-refractivity contribution in [1.29, 1.82) is 0 Å².